The summed E-state index contributed by atoms with van der Waals surface area (Å²) in [7, 11) is -2.69. The fraction of sp³-hybridized carbons (Fsp3) is 1.00. The van der Waals surface area contributed by atoms with E-state index >= 15 is 0 Å². The Hall–Kier alpha value is 0.354. The highest BCUT2D eigenvalue weighted by atomic mass is 28.4. The van der Waals surface area contributed by atoms with E-state index in [4.69, 9.17) is 8.85 Å². The molecule has 0 saturated heterocycles. The molecule has 0 fully saturated rings. The van der Waals surface area contributed by atoms with E-state index in [0.717, 1.165) is 26.1 Å². The lowest BCUT2D eigenvalue weighted by molar-refractivity contribution is 0.176. The molecule has 0 radical (unpaired) electrons. The second-order valence-corrected chi connectivity index (χ2v) is 16.6. The van der Waals surface area contributed by atoms with Gasteiger partial charge in [-0.05, 0) is 57.5 Å². The standard InChI is InChI=1S/C13H32O2Si2/c1-13(2,9-11-14-16(3,4)5)10-12-15-17(6,7)8/h9-12H2,1-8H3. The van der Waals surface area contributed by atoms with Crippen LogP contribution in [0.3, 0.4) is 0 Å². The maximum absolute atomic E-state index is 5.92. The zero-order valence-electron chi connectivity index (χ0n) is 13.1. The molecule has 0 N–H and O–H groups in total. The van der Waals surface area contributed by atoms with E-state index in [9.17, 15) is 0 Å². The van der Waals surface area contributed by atoms with Crippen LogP contribution in [0.2, 0.25) is 39.3 Å². The van der Waals surface area contributed by atoms with Crippen molar-refractivity contribution in [1.82, 2.24) is 0 Å². The predicted molar refractivity (Wildman–Crippen MR) is 81.6 cm³/mol. The van der Waals surface area contributed by atoms with Crippen LogP contribution in [0.1, 0.15) is 26.7 Å². The van der Waals surface area contributed by atoms with Crippen LogP contribution in [0.15, 0.2) is 0 Å². The summed E-state index contributed by atoms with van der Waals surface area (Å²) in [4.78, 5) is 0. The van der Waals surface area contributed by atoms with Gasteiger partial charge in [-0.25, -0.2) is 0 Å². The lowest BCUT2D eigenvalue weighted by Crippen LogP contribution is -2.30. The van der Waals surface area contributed by atoms with Gasteiger partial charge in [-0.3, -0.25) is 0 Å². The van der Waals surface area contributed by atoms with Gasteiger partial charge in [0, 0.05) is 13.2 Å². The Morgan fingerprint density at radius 1 is 0.706 bits per heavy atom. The summed E-state index contributed by atoms with van der Waals surface area (Å²) in [6.45, 7) is 19.9. The van der Waals surface area contributed by atoms with Crippen molar-refractivity contribution < 1.29 is 8.85 Å². The van der Waals surface area contributed by atoms with Gasteiger partial charge < -0.3 is 8.85 Å². The molecule has 0 atom stereocenters. The summed E-state index contributed by atoms with van der Waals surface area (Å²) in [6.07, 6.45) is 2.26. The molecular formula is C13H32O2Si2. The molecule has 0 unspecified atom stereocenters. The van der Waals surface area contributed by atoms with Gasteiger partial charge >= 0.3 is 0 Å². The third-order valence-electron chi connectivity index (χ3n) is 2.63. The Balaban J connectivity index is 3.81. The van der Waals surface area contributed by atoms with Crippen molar-refractivity contribution in [3.63, 3.8) is 0 Å². The Morgan fingerprint density at radius 2 is 1.00 bits per heavy atom. The van der Waals surface area contributed by atoms with Crippen LogP contribution >= 0.6 is 0 Å². The SMILES string of the molecule is CC(C)(CCO[Si](C)(C)C)CCO[Si](C)(C)C. The minimum absolute atomic E-state index is 0.333. The first kappa shape index (κ1) is 17.4. The van der Waals surface area contributed by atoms with E-state index in [1.165, 1.54) is 0 Å². The van der Waals surface area contributed by atoms with Crippen LogP contribution in [-0.2, 0) is 8.85 Å². The highest BCUT2D eigenvalue weighted by Gasteiger charge is 2.22. The Bertz CT molecular complexity index is 192. The Kier molecular flexibility index (Phi) is 6.64. The largest absolute Gasteiger partial charge is 0.418 e. The lowest BCUT2D eigenvalue weighted by Gasteiger charge is -2.28. The van der Waals surface area contributed by atoms with Crippen molar-refractivity contribution in [2.24, 2.45) is 5.41 Å². The summed E-state index contributed by atoms with van der Waals surface area (Å²) in [5.41, 5.74) is 0.333. The fourth-order valence-electron chi connectivity index (χ4n) is 1.39. The highest BCUT2D eigenvalue weighted by Crippen LogP contribution is 2.26. The molecule has 104 valence electrons. The van der Waals surface area contributed by atoms with Gasteiger partial charge in [0.25, 0.3) is 0 Å². The second-order valence-electron chi connectivity index (χ2n) is 7.59. The van der Waals surface area contributed by atoms with E-state index in [1.54, 1.807) is 0 Å². The van der Waals surface area contributed by atoms with Crippen molar-refractivity contribution in [2.45, 2.75) is 66.0 Å². The summed E-state index contributed by atoms with van der Waals surface area (Å²) < 4.78 is 11.8. The minimum Gasteiger partial charge on any atom is -0.418 e. The van der Waals surface area contributed by atoms with E-state index in [-0.39, 0.29) is 0 Å². The average molecular weight is 277 g/mol. The smallest absolute Gasteiger partial charge is 0.183 e. The maximum atomic E-state index is 5.92. The van der Waals surface area contributed by atoms with Gasteiger partial charge in [-0.15, -0.1) is 0 Å². The molecule has 0 spiro atoms. The van der Waals surface area contributed by atoms with E-state index in [2.05, 4.69) is 53.1 Å². The molecule has 0 aliphatic carbocycles. The van der Waals surface area contributed by atoms with Gasteiger partial charge in [0.2, 0.25) is 0 Å². The van der Waals surface area contributed by atoms with Crippen LogP contribution < -0.4 is 0 Å². The second kappa shape index (κ2) is 6.50. The van der Waals surface area contributed by atoms with Crippen molar-refractivity contribution in [3.05, 3.63) is 0 Å². The fourth-order valence-corrected chi connectivity index (χ4v) is 2.82. The molecule has 0 aliphatic rings. The van der Waals surface area contributed by atoms with Gasteiger partial charge in [0.15, 0.2) is 16.6 Å². The van der Waals surface area contributed by atoms with Crippen LogP contribution in [0.25, 0.3) is 0 Å². The number of rotatable bonds is 8. The summed E-state index contributed by atoms with van der Waals surface area (Å²) in [6, 6.07) is 0. The molecule has 2 nitrogen and oxygen atoms in total. The molecule has 4 heteroatoms. The summed E-state index contributed by atoms with van der Waals surface area (Å²) >= 11 is 0. The summed E-state index contributed by atoms with van der Waals surface area (Å²) in [5.74, 6) is 0. The van der Waals surface area contributed by atoms with Gasteiger partial charge in [-0.1, -0.05) is 13.8 Å². The van der Waals surface area contributed by atoms with E-state index in [0.29, 0.717) is 5.41 Å². The molecule has 0 aliphatic heterocycles. The summed E-state index contributed by atoms with van der Waals surface area (Å²) in [5, 5.41) is 0. The normalized spacial score (nSPS) is 14.1. The molecule has 0 rings (SSSR count). The molecular weight excluding hydrogens is 244 g/mol. The van der Waals surface area contributed by atoms with Crippen LogP contribution in [0, 0.1) is 5.41 Å². The first-order chi connectivity index (χ1) is 7.41. The molecule has 0 aromatic carbocycles. The minimum atomic E-state index is -1.34. The van der Waals surface area contributed by atoms with Crippen molar-refractivity contribution >= 4 is 16.6 Å². The topological polar surface area (TPSA) is 18.5 Å². The number of hydrogen-bond acceptors (Lipinski definition) is 2. The molecule has 0 saturated carbocycles. The number of hydrogen-bond donors (Lipinski definition) is 0. The molecule has 0 bridgehead atoms. The van der Waals surface area contributed by atoms with Crippen LogP contribution in [0.5, 0.6) is 0 Å². The lowest BCUT2D eigenvalue weighted by atomic mass is 9.86. The van der Waals surface area contributed by atoms with E-state index in [1.807, 2.05) is 0 Å². The van der Waals surface area contributed by atoms with Crippen molar-refractivity contribution in [3.8, 4) is 0 Å². The third kappa shape index (κ3) is 12.6. The average Bonchev–Trinajstić information content (AvgIpc) is 1.96. The molecule has 0 amide bonds. The molecule has 0 aromatic rings. The first-order valence-electron chi connectivity index (χ1n) is 6.69. The molecule has 0 heterocycles. The van der Waals surface area contributed by atoms with Gasteiger partial charge in [-0.2, -0.15) is 0 Å². The zero-order chi connectivity index (χ0) is 13.7. The Morgan fingerprint density at radius 3 is 1.24 bits per heavy atom. The van der Waals surface area contributed by atoms with Crippen molar-refractivity contribution in [1.29, 1.82) is 0 Å². The van der Waals surface area contributed by atoms with E-state index < -0.39 is 16.6 Å². The Labute approximate surface area is 110 Å². The monoisotopic (exact) mass is 276 g/mol. The first-order valence-corrected chi connectivity index (χ1v) is 13.5. The van der Waals surface area contributed by atoms with Gasteiger partial charge in [0.1, 0.15) is 0 Å². The quantitative estimate of drug-likeness (QED) is 0.608. The molecule has 17 heavy (non-hydrogen) atoms. The third-order valence-corrected chi connectivity index (χ3v) is 4.77. The van der Waals surface area contributed by atoms with Crippen LogP contribution in [-0.4, -0.2) is 29.8 Å². The van der Waals surface area contributed by atoms with Crippen molar-refractivity contribution in [2.75, 3.05) is 13.2 Å². The van der Waals surface area contributed by atoms with Crippen LogP contribution in [0.4, 0.5) is 0 Å². The maximum Gasteiger partial charge on any atom is 0.183 e. The highest BCUT2D eigenvalue weighted by molar-refractivity contribution is 6.70. The van der Waals surface area contributed by atoms with Gasteiger partial charge in [0.05, 0.1) is 0 Å². The molecule has 0 aromatic heterocycles. The zero-order valence-corrected chi connectivity index (χ0v) is 15.1. The predicted octanol–water partition coefficient (Wildman–Crippen LogP) is 4.50.